The van der Waals surface area contributed by atoms with Crippen LogP contribution in [0.15, 0.2) is 12.7 Å². The summed E-state index contributed by atoms with van der Waals surface area (Å²) in [5, 5.41) is 8.10. The highest BCUT2D eigenvalue weighted by Gasteiger charge is 1.90. The fourth-order valence-corrected chi connectivity index (χ4v) is 0.205. The topological polar surface area (TPSA) is 78.0 Å². The summed E-state index contributed by atoms with van der Waals surface area (Å²) in [5.74, 6) is -0.501. The molecular weight excluding hydrogens is 124 g/mol. The lowest BCUT2D eigenvalue weighted by Gasteiger charge is -1.94. The van der Waals surface area contributed by atoms with Crippen molar-refractivity contribution in [3.8, 4) is 0 Å². The molecule has 0 aromatic rings. The van der Waals surface area contributed by atoms with Crippen molar-refractivity contribution in [2.75, 3.05) is 13.2 Å². The molecule has 0 aliphatic carbocycles. The Balaban J connectivity index is 0. The van der Waals surface area contributed by atoms with Crippen LogP contribution in [-0.2, 0) is 9.53 Å². The SMILES string of the molecule is C=CC(=O)OCCO.O. The summed E-state index contributed by atoms with van der Waals surface area (Å²) in [4.78, 5) is 10.1. The summed E-state index contributed by atoms with van der Waals surface area (Å²) in [6.07, 6.45) is 1.05. The van der Waals surface area contributed by atoms with Crippen LogP contribution in [0.1, 0.15) is 0 Å². The first-order valence-corrected chi connectivity index (χ1v) is 2.21. The van der Waals surface area contributed by atoms with Gasteiger partial charge in [0, 0.05) is 6.08 Å². The molecule has 0 saturated carbocycles. The van der Waals surface area contributed by atoms with Crippen molar-refractivity contribution in [1.29, 1.82) is 0 Å². The molecule has 0 saturated heterocycles. The second kappa shape index (κ2) is 7.13. The molecule has 9 heavy (non-hydrogen) atoms. The fourth-order valence-electron chi connectivity index (χ4n) is 0.205. The lowest BCUT2D eigenvalue weighted by atomic mass is 10.6. The Kier molecular flexibility index (Phi) is 8.71. The molecule has 0 fully saturated rings. The molecule has 0 bridgehead atoms. The summed E-state index contributed by atoms with van der Waals surface area (Å²) in [7, 11) is 0. The smallest absolute Gasteiger partial charge is 0.330 e. The molecular formula is C5H10O4. The third-order valence-electron chi connectivity index (χ3n) is 0.502. The number of ether oxygens (including phenoxy) is 1. The van der Waals surface area contributed by atoms with Crippen molar-refractivity contribution in [1.82, 2.24) is 0 Å². The van der Waals surface area contributed by atoms with E-state index < -0.39 is 5.97 Å². The number of carbonyl (C=O) groups excluding carboxylic acids is 1. The first kappa shape index (κ1) is 11.0. The van der Waals surface area contributed by atoms with Gasteiger partial charge in [0.05, 0.1) is 6.61 Å². The average molecular weight is 134 g/mol. The van der Waals surface area contributed by atoms with Crippen LogP contribution in [0.4, 0.5) is 0 Å². The molecule has 0 spiro atoms. The predicted molar refractivity (Wildman–Crippen MR) is 31.9 cm³/mol. The van der Waals surface area contributed by atoms with Crippen molar-refractivity contribution >= 4 is 5.97 Å². The zero-order valence-corrected chi connectivity index (χ0v) is 4.96. The van der Waals surface area contributed by atoms with Crippen molar-refractivity contribution in [2.24, 2.45) is 0 Å². The molecule has 3 N–H and O–H groups in total. The van der Waals surface area contributed by atoms with E-state index in [1.165, 1.54) is 0 Å². The summed E-state index contributed by atoms with van der Waals surface area (Å²) in [6.45, 7) is 3.06. The molecule has 54 valence electrons. The van der Waals surface area contributed by atoms with Gasteiger partial charge in [0.1, 0.15) is 6.61 Å². The van der Waals surface area contributed by atoms with E-state index in [1.54, 1.807) is 0 Å². The van der Waals surface area contributed by atoms with E-state index in [-0.39, 0.29) is 18.7 Å². The first-order valence-electron chi connectivity index (χ1n) is 2.21. The van der Waals surface area contributed by atoms with Crippen LogP contribution in [-0.4, -0.2) is 29.8 Å². The summed E-state index contributed by atoms with van der Waals surface area (Å²) < 4.78 is 4.33. The number of carbonyl (C=O) groups is 1. The second-order valence-electron chi connectivity index (χ2n) is 1.10. The third kappa shape index (κ3) is 7.13. The maximum atomic E-state index is 10.1. The van der Waals surface area contributed by atoms with Gasteiger partial charge in [-0.1, -0.05) is 6.58 Å². The van der Waals surface area contributed by atoms with Gasteiger partial charge in [-0.25, -0.2) is 4.79 Å². The van der Waals surface area contributed by atoms with Crippen LogP contribution >= 0.6 is 0 Å². The number of aliphatic hydroxyl groups is 1. The number of esters is 1. The minimum atomic E-state index is -0.501. The number of hydrogen-bond acceptors (Lipinski definition) is 3. The van der Waals surface area contributed by atoms with Crippen molar-refractivity contribution in [3.05, 3.63) is 12.7 Å². The fraction of sp³-hybridized carbons (Fsp3) is 0.400. The Labute approximate surface area is 53.1 Å². The molecule has 0 unspecified atom stereocenters. The molecule has 4 heteroatoms. The molecule has 0 radical (unpaired) electrons. The predicted octanol–water partition coefficient (Wildman–Crippen LogP) is -1.12. The van der Waals surface area contributed by atoms with Gasteiger partial charge in [-0.05, 0) is 0 Å². The molecule has 0 amide bonds. The Morgan fingerprint density at radius 3 is 2.67 bits per heavy atom. The summed E-state index contributed by atoms with van der Waals surface area (Å²) >= 11 is 0. The van der Waals surface area contributed by atoms with Crippen LogP contribution < -0.4 is 0 Å². The van der Waals surface area contributed by atoms with Gasteiger partial charge >= 0.3 is 5.97 Å². The summed E-state index contributed by atoms with van der Waals surface area (Å²) in [5.41, 5.74) is 0. The maximum absolute atomic E-state index is 10.1. The molecule has 0 atom stereocenters. The van der Waals surface area contributed by atoms with Crippen LogP contribution in [0, 0.1) is 0 Å². The molecule has 4 nitrogen and oxygen atoms in total. The Morgan fingerprint density at radius 2 is 2.33 bits per heavy atom. The lowest BCUT2D eigenvalue weighted by Crippen LogP contribution is -2.04. The summed E-state index contributed by atoms with van der Waals surface area (Å²) in [6, 6.07) is 0. The monoisotopic (exact) mass is 134 g/mol. The molecule has 0 aromatic heterocycles. The minimum Gasteiger partial charge on any atom is -0.460 e. The van der Waals surface area contributed by atoms with Crippen LogP contribution in [0.25, 0.3) is 0 Å². The van der Waals surface area contributed by atoms with Gasteiger partial charge in [-0.2, -0.15) is 0 Å². The van der Waals surface area contributed by atoms with E-state index in [1.807, 2.05) is 0 Å². The van der Waals surface area contributed by atoms with Gasteiger partial charge in [-0.15, -0.1) is 0 Å². The standard InChI is InChI=1S/C5H8O3.H2O/c1-2-5(7)8-4-3-6;/h2,6H,1,3-4H2;1H2. The first-order chi connectivity index (χ1) is 3.81. The van der Waals surface area contributed by atoms with E-state index in [2.05, 4.69) is 11.3 Å². The highest BCUT2D eigenvalue weighted by atomic mass is 16.5. The number of hydrogen-bond donors (Lipinski definition) is 1. The highest BCUT2D eigenvalue weighted by Crippen LogP contribution is 1.75. The Bertz CT molecular complexity index is 89.0. The van der Waals surface area contributed by atoms with E-state index in [4.69, 9.17) is 5.11 Å². The largest absolute Gasteiger partial charge is 0.460 e. The number of rotatable bonds is 3. The van der Waals surface area contributed by atoms with Crippen LogP contribution in [0.2, 0.25) is 0 Å². The second-order valence-corrected chi connectivity index (χ2v) is 1.10. The van der Waals surface area contributed by atoms with E-state index >= 15 is 0 Å². The van der Waals surface area contributed by atoms with E-state index in [9.17, 15) is 4.79 Å². The Morgan fingerprint density at radius 1 is 1.78 bits per heavy atom. The Hall–Kier alpha value is -0.870. The van der Waals surface area contributed by atoms with Crippen LogP contribution in [0.5, 0.6) is 0 Å². The van der Waals surface area contributed by atoms with Crippen LogP contribution in [0.3, 0.4) is 0 Å². The average Bonchev–Trinajstić information content (AvgIpc) is 1.83. The molecule has 0 aliphatic rings. The van der Waals surface area contributed by atoms with Gasteiger partial charge in [0.2, 0.25) is 0 Å². The normalized spacial score (nSPS) is 7.22. The molecule has 0 aromatic carbocycles. The van der Waals surface area contributed by atoms with Gasteiger partial charge in [0.25, 0.3) is 0 Å². The quantitative estimate of drug-likeness (QED) is 0.392. The maximum Gasteiger partial charge on any atom is 0.330 e. The highest BCUT2D eigenvalue weighted by molar-refractivity contribution is 5.81. The molecule has 0 aliphatic heterocycles. The molecule has 0 heterocycles. The third-order valence-corrected chi connectivity index (χ3v) is 0.502. The van der Waals surface area contributed by atoms with Gasteiger partial charge in [0.15, 0.2) is 0 Å². The van der Waals surface area contributed by atoms with E-state index in [0.717, 1.165) is 6.08 Å². The zero-order valence-electron chi connectivity index (χ0n) is 4.96. The van der Waals surface area contributed by atoms with E-state index in [0.29, 0.717) is 0 Å². The van der Waals surface area contributed by atoms with Crippen molar-refractivity contribution in [3.63, 3.8) is 0 Å². The molecule has 0 rings (SSSR count). The lowest BCUT2D eigenvalue weighted by molar-refractivity contribution is -0.138. The minimum absolute atomic E-state index is 0. The van der Waals surface area contributed by atoms with Crippen molar-refractivity contribution in [2.45, 2.75) is 0 Å². The zero-order chi connectivity index (χ0) is 6.41. The van der Waals surface area contributed by atoms with Gasteiger partial charge < -0.3 is 15.3 Å². The number of aliphatic hydroxyl groups excluding tert-OH is 1. The van der Waals surface area contributed by atoms with Crippen molar-refractivity contribution < 1.29 is 20.1 Å². The van der Waals surface area contributed by atoms with Gasteiger partial charge in [-0.3, -0.25) is 0 Å².